The Bertz CT molecular complexity index is 191. The second-order valence-corrected chi connectivity index (χ2v) is 5.79. The van der Waals surface area contributed by atoms with Gasteiger partial charge in [-0.3, -0.25) is 0 Å². The molecule has 0 radical (unpaired) electrons. The molecule has 12 heavy (non-hydrogen) atoms. The van der Waals surface area contributed by atoms with Gasteiger partial charge in [0, 0.05) is 0 Å². The van der Waals surface area contributed by atoms with Gasteiger partial charge in [0.05, 0.1) is 0 Å². The van der Waals surface area contributed by atoms with Gasteiger partial charge in [-0.15, -0.1) is 0 Å². The Balaban J connectivity index is 0.000000217. The van der Waals surface area contributed by atoms with Crippen LogP contribution in [0.2, 0.25) is 2.01 Å². The summed E-state index contributed by atoms with van der Waals surface area (Å²) in [5, 5.41) is 3.77. The molecule has 6 heteroatoms. The van der Waals surface area contributed by atoms with E-state index in [4.69, 9.17) is 13.0 Å². The maximum absolute atomic E-state index is 8.85. The zero-order chi connectivity index (χ0) is 9.61. The van der Waals surface area contributed by atoms with Gasteiger partial charge >= 0.3 is 69.9 Å². The summed E-state index contributed by atoms with van der Waals surface area (Å²) in [5.41, 5.74) is 0. The van der Waals surface area contributed by atoms with Crippen LogP contribution in [0.4, 0.5) is 0 Å². The molecule has 2 N–H and O–H groups in total. The number of rotatable bonds is 0. The van der Waals surface area contributed by atoms with Crippen LogP contribution < -0.4 is 5.14 Å². The molecule has 4 nitrogen and oxygen atoms in total. The Kier molecular flexibility index (Phi) is 7.18. The summed E-state index contributed by atoms with van der Waals surface area (Å²) >= 11 is 1.54. The maximum atomic E-state index is 8.85. The van der Waals surface area contributed by atoms with Gasteiger partial charge in [0.15, 0.2) is 10.3 Å². The van der Waals surface area contributed by atoms with Gasteiger partial charge in [-0.1, -0.05) is 0 Å². The Labute approximate surface area is 97.4 Å². The molecule has 0 saturated heterocycles. The van der Waals surface area contributed by atoms with Crippen LogP contribution in [0.15, 0.2) is 0 Å². The van der Waals surface area contributed by atoms with E-state index in [1.54, 1.807) is 48.6 Å². The predicted octanol–water partition coefficient (Wildman–Crippen LogP) is 0.313. The van der Waals surface area contributed by atoms with E-state index in [0.717, 1.165) is 2.01 Å². The average molecular weight is 219 g/mol. The summed E-state index contributed by atoms with van der Waals surface area (Å²) in [6, 6.07) is 0. The Hall–Kier alpha value is 1.13. The van der Waals surface area contributed by atoms with Crippen molar-refractivity contribution >= 4 is 46.1 Å². The van der Waals surface area contributed by atoms with Crippen LogP contribution in [-0.4, -0.2) is 48.8 Å². The van der Waals surface area contributed by atoms with Gasteiger partial charge < -0.3 is 4.55 Å². The summed E-state index contributed by atoms with van der Waals surface area (Å²) in [6.45, 7) is 0. The Morgan fingerprint density at radius 3 is 1.75 bits per heavy atom. The summed E-state index contributed by atoms with van der Waals surface area (Å²) in [6.07, 6.45) is 7.63. The van der Waals surface area contributed by atoms with Crippen molar-refractivity contribution in [3.05, 3.63) is 0 Å². The van der Waals surface area contributed by atoms with E-state index in [2.05, 4.69) is 5.14 Å². The third-order valence-corrected chi connectivity index (χ3v) is 3.00. The first-order chi connectivity index (χ1) is 5.39. The fourth-order valence-corrected chi connectivity index (χ4v) is 2.09. The van der Waals surface area contributed by atoms with E-state index in [1.807, 2.05) is 0 Å². The van der Waals surface area contributed by atoms with Crippen molar-refractivity contribution in [2.75, 3.05) is 0 Å². The van der Waals surface area contributed by atoms with Gasteiger partial charge in [-0.05, 0) is 0 Å². The predicted molar refractivity (Wildman–Crippen MR) is 46.5 cm³/mol. The first kappa shape index (κ1) is 13.1. The molecule has 1 aliphatic rings. The van der Waals surface area contributed by atoms with Crippen LogP contribution in [0.5, 0.6) is 0 Å². The first-order valence-corrected chi connectivity index (χ1v) is 6.71. The third kappa shape index (κ3) is 13.7. The van der Waals surface area contributed by atoms with Crippen molar-refractivity contribution in [1.29, 1.82) is 0 Å². The van der Waals surface area contributed by atoms with Crippen LogP contribution in [0, 0.1) is 0 Å². The minimum atomic E-state index is -4.42. The molecular weight excluding hydrogens is 206 g/mol. The van der Waals surface area contributed by atoms with E-state index < -0.39 is 10.3 Å². The number of hydrogen-bond donors (Lipinski definition) is 1. The van der Waals surface area contributed by atoms with Crippen LogP contribution in [0.25, 0.3) is 0 Å². The van der Waals surface area contributed by atoms with E-state index in [0.29, 0.717) is 0 Å². The molecule has 0 amide bonds. The van der Waals surface area contributed by atoms with Gasteiger partial charge in [-0.2, -0.15) is 0 Å². The molecule has 0 bridgehead atoms. The van der Waals surface area contributed by atoms with Crippen molar-refractivity contribution in [2.24, 2.45) is 5.14 Å². The molecule has 0 spiro atoms. The summed E-state index contributed by atoms with van der Waals surface area (Å²) in [4.78, 5) is 0. The number of hydrogen-bond acceptors (Lipinski definition) is 3. The van der Waals surface area contributed by atoms with E-state index in [9.17, 15) is 0 Å². The normalized spacial score (nSPS) is 19.7. The monoisotopic (exact) mass is 219 g/mol. The summed E-state index contributed by atoms with van der Waals surface area (Å²) in [5.74, 6) is 0. The SMILES string of the molecule is NS(=O)(=O)[O-].[Ca+][CH]1CCCCC1. The average Bonchev–Trinajstić information content (AvgIpc) is 1.85. The van der Waals surface area contributed by atoms with Crippen LogP contribution in [-0.2, 0) is 10.3 Å². The molecule has 0 aliphatic heterocycles. The molecular formula is C6H13CaNO3S. The molecule has 0 aromatic rings. The van der Waals surface area contributed by atoms with Gasteiger partial charge in [-0.25, -0.2) is 13.6 Å². The molecule has 1 rings (SSSR count). The van der Waals surface area contributed by atoms with Crippen molar-refractivity contribution < 1.29 is 13.0 Å². The van der Waals surface area contributed by atoms with Crippen molar-refractivity contribution in [3.63, 3.8) is 0 Å². The molecule has 68 valence electrons. The van der Waals surface area contributed by atoms with Gasteiger partial charge in [0.1, 0.15) is 0 Å². The van der Waals surface area contributed by atoms with Crippen molar-refractivity contribution in [3.8, 4) is 0 Å². The number of nitrogens with two attached hydrogens (primary N) is 1. The molecule has 1 aliphatic carbocycles. The van der Waals surface area contributed by atoms with Crippen LogP contribution in [0.1, 0.15) is 32.1 Å². The third-order valence-electron chi connectivity index (χ3n) is 1.72. The van der Waals surface area contributed by atoms with E-state index in [1.165, 1.54) is 19.3 Å². The second-order valence-electron chi connectivity index (χ2n) is 3.00. The Morgan fingerprint density at radius 2 is 1.58 bits per heavy atom. The van der Waals surface area contributed by atoms with Crippen LogP contribution >= 0.6 is 0 Å². The second kappa shape index (κ2) is 6.56. The molecule has 1 saturated carbocycles. The van der Waals surface area contributed by atoms with Gasteiger partial charge in [0.25, 0.3) is 0 Å². The molecule has 0 atom stereocenters. The van der Waals surface area contributed by atoms with Gasteiger partial charge in [0.2, 0.25) is 0 Å². The zero-order valence-corrected chi connectivity index (χ0v) is 10.1. The van der Waals surface area contributed by atoms with E-state index >= 15 is 0 Å². The zero-order valence-electron chi connectivity index (χ0n) is 7.03. The summed E-state index contributed by atoms with van der Waals surface area (Å²) < 4.78 is 27.7. The molecule has 0 aromatic heterocycles. The molecule has 0 heterocycles. The standard InChI is InChI=1S/C6H11.Ca.H3NO3S/c1-2-4-6-5-3-1;;1-5(2,3)4/h1H,2-6H2;;(H3,1,2,3,4)/q;+1;/p-1. The topological polar surface area (TPSA) is 83.2 Å². The molecule has 0 unspecified atom stereocenters. The fraction of sp³-hybridized carbons (Fsp3) is 1.00. The quantitative estimate of drug-likeness (QED) is 0.470. The first-order valence-electron chi connectivity index (χ1n) is 3.96. The van der Waals surface area contributed by atoms with Crippen LogP contribution in [0.3, 0.4) is 0 Å². The summed E-state index contributed by atoms with van der Waals surface area (Å²) in [7, 11) is -4.42. The van der Waals surface area contributed by atoms with E-state index in [-0.39, 0.29) is 0 Å². The van der Waals surface area contributed by atoms with Crippen molar-refractivity contribution in [2.45, 2.75) is 34.1 Å². The fourth-order valence-electron chi connectivity index (χ4n) is 1.19. The van der Waals surface area contributed by atoms with Crippen molar-refractivity contribution in [1.82, 2.24) is 0 Å². The minimum absolute atomic E-state index is 1.16. The Morgan fingerprint density at radius 1 is 1.25 bits per heavy atom. The molecule has 1 fully saturated rings. The molecule has 0 aromatic carbocycles.